The van der Waals surface area contributed by atoms with Crippen molar-refractivity contribution < 1.29 is 4.79 Å². The van der Waals surface area contributed by atoms with Gasteiger partial charge in [0.1, 0.15) is 0 Å². The Bertz CT molecular complexity index is 1010. The lowest BCUT2D eigenvalue weighted by atomic mass is 10.0. The van der Waals surface area contributed by atoms with Crippen LogP contribution in [0, 0.1) is 0 Å². The average molecular weight is 378 g/mol. The maximum Gasteiger partial charge on any atom is 0.225 e. The largest absolute Gasteiger partial charge is 0.343 e. The second-order valence-electron chi connectivity index (χ2n) is 6.91. The van der Waals surface area contributed by atoms with Crippen molar-refractivity contribution in [2.24, 2.45) is 0 Å². The fourth-order valence-electron chi connectivity index (χ4n) is 3.36. The molecule has 1 atom stereocenters. The summed E-state index contributed by atoms with van der Waals surface area (Å²) in [4.78, 5) is 17.2. The maximum absolute atomic E-state index is 12.8. The second kappa shape index (κ2) is 8.98. The van der Waals surface area contributed by atoms with Crippen molar-refractivity contribution in [1.29, 1.82) is 0 Å². The summed E-state index contributed by atoms with van der Waals surface area (Å²) in [6, 6.07) is 33.8. The molecule has 0 bridgehead atoms. The average Bonchev–Trinajstić information content (AvgIpc) is 2.80. The molecule has 142 valence electrons. The topological polar surface area (TPSA) is 42.0 Å². The highest BCUT2D eigenvalue weighted by atomic mass is 16.1. The molecule has 0 spiro atoms. The van der Waals surface area contributed by atoms with Crippen LogP contribution >= 0.6 is 0 Å². The Labute approximate surface area is 171 Å². The molecular formula is C26H22N2O. The van der Waals surface area contributed by atoms with Gasteiger partial charge in [-0.25, -0.2) is 0 Å². The molecule has 1 aromatic heterocycles. The first-order valence-corrected chi connectivity index (χ1v) is 9.69. The Morgan fingerprint density at radius 3 is 2.00 bits per heavy atom. The molecule has 4 rings (SSSR count). The number of hydrogen-bond acceptors (Lipinski definition) is 2. The molecule has 0 aliphatic heterocycles. The van der Waals surface area contributed by atoms with Crippen LogP contribution in [0.5, 0.6) is 0 Å². The van der Waals surface area contributed by atoms with Crippen LogP contribution in [0.15, 0.2) is 109 Å². The molecule has 29 heavy (non-hydrogen) atoms. The summed E-state index contributed by atoms with van der Waals surface area (Å²) in [5.74, 6) is -0.0306. The molecule has 0 saturated heterocycles. The van der Waals surface area contributed by atoms with E-state index in [1.54, 1.807) is 6.20 Å². The summed E-state index contributed by atoms with van der Waals surface area (Å²) in [6.07, 6.45) is 2.07. The molecule has 3 nitrogen and oxygen atoms in total. The Morgan fingerprint density at radius 1 is 0.724 bits per heavy atom. The van der Waals surface area contributed by atoms with E-state index in [1.165, 1.54) is 5.56 Å². The minimum atomic E-state index is -0.270. The van der Waals surface area contributed by atoms with Crippen molar-refractivity contribution in [3.8, 4) is 11.1 Å². The first-order valence-electron chi connectivity index (χ1n) is 9.69. The summed E-state index contributed by atoms with van der Waals surface area (Å²) in [7, 11) is 0. The normalized spacial score (nSPS) is 11.6. The Balaban J connectivity index is 1.48. The van der Waals surface area contributed by atoms with E-state index in [1.807, 2.05) is 78.9 Å². The van der Waals surface area contributed by atoms with Crippen molar-refractivity contribution in [2.75, 3.05) is 0 Å². The minimum absolute atomic E-state index is 0.0306. The summed E-state index contributed by atoms with van der Waals surface area (Å²) in [5.41, 5.74) is 5.13. The van der Waals surface area contributed by atoms with Crippen LogP contribution in [0.2, 0.25) is 0 Å². The molecule has 3 aromatic carbocycles. The quantitative estimate of drug-likeness (QED) is 0.501. The van der Waals surface area contributed by atoms with E-state index in [0.717, 1.165) is 22.4 Å². The van der Waals surface area contributed by atoms with E-state index in [-0.39, 0.29) is 11.9 Å². The zero-order valence-electron chi connectivity index (χ0n) is 16.0. The maximum atomic E-state index is 12.8. The number of aromatic nitrogens is 1. The molecule has 1 N–H and O–H groups in total. The lowest BCUT2D eigenvalue weighted by Crippen LogP contribution is -2.31. The molecule has 0 saturated carbocycles. The lowest BCUT2D eigenvalue weighted by molar-refractivity contribution is -0.121. The second-order valence-corrected chi connectivity index (χ2v) is 6.91. The van der Waals surface area contributed by atoms with Crippen LogP contribution in [-0.4, -0.2) is 10.9 Å². The number of benzene rings is 3. The van der Waals surface area contributed by atoms with E-state index < -0.39 is 0 Å². The van der Waals surface area contributed by atoms with Crippen molar-refractivity contribution >= 4 is 5.91 Å². The summed E-state index contributed by atoms with van der Waals surface area (Å²) in [6.45, 7) is 0. The van der Waals surface area contributed by atoms with Gasteiger partial charge in [-0.15, -0.1) is 0 Å². The molecule has 0 aliphatic carbocycles. The summed E-state index contributed by atoms with van der Waals surface area (Å²) in [5, 5.41) is 3.14. The zero-order valence-corrected chi connectivity index (χ0v) is 16.0. The number of rotatable bonds is 6. The molecule has 4 aromatic rings. The van der Waals surface area contributed by atoms with E-state index >= 15 is 0 Å². The molecule has 1 unspecified atom stereocenters. The Morgan fingerprint density at radius 2 is 1.34 bits per heavy atom. The predicted molar refractivity (Wildman–Crippen MR) is 116 cm³/mol. The molecule has 0 aliphatic rings. The monoisotopic (exact) mass is 378 g/mol. The van der Waals surface area contributed by atoms with Gasteiger partial charge in [-0.1, -0.05) is 91.0 Å². The molecule has 0 radical (unpaired) electrons. The number of carbonyl (C=O) groups excluding carboxylic acids is 1. The van der Waals surface area contributed by atoms with Crippen molar-refractivity contribution in [3.63, 3.8) is 0 Å². The van der Waals surface area contributed by atoms with Gasteiger partial charge in [0.05, 0.1) is 18.2 Å². The highest BCUT2D eigenvalue weighted by molar-refractivity contribution is 5.79. The number of nitrogens with one attached hydrogen (secondary N) is 1. The van der Waals surface area contributed by atoms with Gasteiger partial charge in [0.25, 0.3) is 0 Å². The summed E-state index contributed by atoms with van der Waals surface area (Å²) >= 11 is 0. The Hall–Kier alpha value is -3.72. The predicted octanol–water partition coefficient (Wildman–Crippen LogP) is 5.20. The van der Waals surface area contributed by atoms with Gasteiger partial charge in [-0.05, 0) is 34.4 Å². The fourth-order valence-corrected chi connectivity index (χ4v) is 3.36. The van der Waals surface area contributed by atoms with Crippen molar-refractivity contribution in [1.82, 2.24) is 10.3 Å². The van der Waals surface area contributed by atoms with Crippen LogP contribution in [-0.2, 0) is 11.2 Å². The first kappa shape index (κ1) is 18.6. The van der Waals surface area contributed by atoms with Crippen LogP contribution < -0.4 is 5.32 Å². The standard InChI is InChI=1S/C26H22N2O/c29-25(19-20-14-16-22(17-15-20)21-9-3-1-4-10-21)28-26(23-11-5-2-6-12-23)24-13-7-8-18-27-24/h1-18,26H,19H2,(H,28,29). The molecule has 1 heterocycles. The number of hydrogen-bond donors (Lipinski definition) is 1. The van der Waals surface area contributed by atoms with E-state index in [4.69, 9.17) is 0 Å². The zero-order chi connectivity index (χ0) is 19.9. The first-order chi connectivity index (χ1) is 14.3. The van der Waals surface area contributed by atoms with Gasteiger partial charge >= 0.3 is 0 Å². The Kier molecular flexibility index (Phi) is 5.77. The number of pyridine rings is 1. The highest BCUT2D eigenvalue weighted by Gasteiger charge is 2.18. The van der Waals surface area contributed by atoms with Crippen LogP contribution in [0.4, 0.5) is 0 Å². The lowest BCUT2D eigenvalue weighted by Gasteiger charge is -2.19. The third-order valence-corrected chi connectivity index (χ3v) is 4.85. The third-order valence-electron chi connectivity index (χ3n) is 4.85. The van der Waals surface area contributed by atoms with Gasteiger partial charge in [-0.2, -0.15) is 0 Å². The fraction of sp³-hybridized carbons (Fsp3) is 0.0769. The van der Waals surface area contributed by atoms with E-state index in [2.05, 4.69) is 34.6 Å². The van der Waals surface area contributed by atoms with Gasteiger partial charge in [0.2, 0.25) is 5.91 Å². The molecule has 0 fully saturated rings. The van der Waals surface area contributed by atoms with Crippen LogP contribution in [0.1, 0.15) is 22.9 Å². The molecular weight excluding hydrogens is 356 g/mol. The highest BCUT2D eigenvalue weighted by Crippen LogP contribution is 2.21. The smallest absolute Gasteiger partial charge is 0.225 e. The van der Waals surface area contributed by atoms with Gasteiger partial charge in [0.15, 0.2) is 0 Å². The molecule has 1 amide bonds. The van der Waals surface area contributed by atoms with Crippen molar-refractivity contribution in [2.45, 2.75) is 12.5 Å². The van der Waals surface area contributed by atoms with E-state index in [0.29, 0.717) is 6.42 Å². The van der Waals surface area contributed by atoms with Crippen LogP contribution in [0.3, 0.4) is 0 Å². The minimum Gasteiger partial charge on any atom is -0.343 e. The third kappa shape index (κ3) is 4.77. The van der Waals surface area contributed by atoms with Gasteiger partial charge in [0, 0.05) is 6.20 Å². The van der Waals surface area contributed by atoms with Crippen LogP contribution in [0.25, 0.3) is 11.1 Å². The SMILES string of the molecule is O=C(Cc1ccc(-c2ccccc2)cc1)NC(c1ccccc1)c1ccccn1. The summed E-state index contributed by atoms with van der Waals surface area (Å²) < 4.78 is 0. The van der Waals surface area contributed by atoms with Gasteiger partial charge in [-0.3, -0.25) is 9.78 Å². The van der Waals surface area contributed by atoms with E-state index in [9.17, 15) is 4.79 Å². The number of amides is 1. The molecule has 3 heteroatoms. The van der Waals surface area contributed by atoms with Gasteiger partial charge < -0.3 is 5.32 Å². The van der Waals surface area contributed by atoms with Crippen molar-refractivity contribution in [3.05, 3.63) is 126 Å². The number of nitrogens with zero attached hydrogens (tertiary/aromatic N) is 1. The number of carbonyl (C=O) groups is 1.